The number of aliphatic imine (C=N–C) groups is 1. The number of rotatable bonds is 9. The molecule has 2 N–H and O–H groups in total. The Morgan fingerprint density at radius 1 is 1.22 bits per heavy atom. The number of nitrogens with zero attached hydrogens (tertiary/aromatic N) is 3. The molecular weight excluding hydrogens is 449 g/mol. The average Bonchev–Trinajstić information content (AvgIpc) is 2.95. The lowest BCUT2D eigenvalue weighted by Gasteiger charge is -2.18. The van der Waals surface area contributed by atoms with E-state index in [0.717, 1.165) is 50.6 Å². The summed E-state index contributed by atoms with van der Waals surface area (Å²) >= 11 is 0. The van der Waals surface area contributed by atoms with Crippen LogP contribution in [-0.2, 0) is 13.0 Å². The van der Waals surface area contributed by atoms with Gasteiger partial charge in [-0.1, -0.05) is 30.3 Å². The molecule has 1 aromatic heterocycles. The van der Waals surface area contributed by atoms with Gasteiger partial charge in [0.1, 0.15) is 0 Å². The van der Waals surface area contributed by atoms with Crippen LogP contribution in [0.15, 0.2) is 41.4 Å². The van der Waals surface area contributed by atoms with Gasteiger partial charge in [0, 0.05) is 31.4 Å². The number of halogens is 1. The molecule has 5 nitrogen and oxygen atoms in total. The van der Waals surface area contributed by atoms with E-state index in [1.807, 2.05) is 6.92 Å². The van der Waals surface area contributed by atoms with E-state index in [9.17, 15) is 0 Å². The second-order valence-electron chi connectivity index (χ2n) is 6.83. The van der Waals surface area contributed by atoms with Crippen molar-refractivity contribution in [3.8, 4) is 0 Å². The van der Waals surface area contributed by atoms with Crippen LogP contribution in [0.2, 0.25) is 0 Å². The first-order chi connectivity index (χ1) is 12.6. The summed E-state index contributed by atoms with van der Waals surface area (Å²) in [6, 6.07) is 13.1. The summed E-state index contributed by atoms with van der Waals surface area (Å²) in [5, 5.41) is 11.4. The van der Waals surface area contributed by atoms with Crippen LogP contribution >= 0.6 is 24.0 Å². The predicted molar refractivity (Wildman–Crippen MR) is 125 cm³/mol. The fourth-order valence-electron chi connectivity index (χ4n) is 2.97. The van der Waals surface area contributed by atoms with Crippen LogP contribution < -0.4 is 10.6 Å². The molecule has 1 aromatic carbocycles. The lowest BCUT2D eigenvalue weighted by atomic mass is 10.1. The number of hydrogen-bond acceptors (Lipinski definition) is 2. The van der Waals surface area contributed by atoms with E-state index in [4.69, 9.17) is 4.99 Å². The number of aryl methyl sites for hydroxylation is 4. The summed E-state index contributed by atoms with van der Waals surface area (Å²) in [4.78, 5) is 4.71. The largest absolute Gasteiger partial charge is 0.357 e. The van der Waals surface area contributed by atoms with E-state index >= 15 is 0 Å². The first-order valence-electron chi connectivity index (χ1n) is 9.68. The number of nitrogens with one attached hydrogen (secondary N) is 2. The van der Waals surface area contributed by atoms with E-state index < -0.39 is 0 Å². The molecule has 0 amide bonds. The molecule has 0 bridgehead atoms. The maximum absolute atomic E-state index is 4.71. The molecule has 27 heavy (non-hydrogen) atoms. The van der Waals surface area contributed by atoms with Crippen molar-refractivity contribution in [1.29, 1.82) is 0 Å². The molecule has 0 aliphatic carbocycles. The van der Waals surface area contributed by atoms with Gasteiger partial charge in [-0.3, -0.25) is 9.67 Å². The van der Waals surface area contributed by atoms with E-state index in [1.54, 1.807) is 0 Å². The van der Waals surface area contributed by atoms with Gasteiger partial charge in [0.25, 0.3) is 0 Å². The van der Waals surface area contributed by atoms with Crippen molar-refractivity contribution in [1.82, 2.24) is 20.4 Å². The van der Waals surface area contributed by atoms with Gasteiger partial charge in [-0.25, -0.2) is 0 Å². The van der Waals surface area contributed by atoms with Gasteiger partial charge in [-0.15, -0.1) is 24.0 Å². The van der Waals surface area contributed by atoms with E-state index in [2.05, 4.69) is 77.6 Å². The van der Waals surface area contributed by atoms with Crippen LogP contribution in [0, 0.1) is 13.8 Å². The van der Waals surface area contributed by atoms with Gasteiger partial charge in [-0.2, -0.15) is 5.10 Å². The molecule has 0 spiro atoms. The summed E-state index contributed by atoms with van der Waals surface area (Å²) < 4.78 is 2.06. The van der Waals surface area contributed by atoms with Crippen molar-refractivity contribution in [2.45, 2.75) is 59.5 Å². The van der Waals surface area contributed by atoms with Crippen LogP contribution in [0.1, 0.15) is 43.6 Å². The second-order valence-corrected chi connectivity index (χ2v) is 6.83. The highest BCUT2D eigenvalue weighted by atomic mass is 127. The summed E-state index contributed by atoms with van der Waals surface area (Å²) in [6.45, 7) is 11.0. The number of guanidine groups is 1. The Hall–Kier alpha value is -1.57. The third kappa shape index (κ3) is 8.77. The Morgan fingerprint density at radius 3 is 2.59 bits per heavy atom. The van der Waals surface area contributed by atoms with Gasteiger partial charge >= 0.3 is 0 Å². The summed E-state index contributed by atoms with van der Waals surface area (Å²) in [6.07, 6.45) is 3.14. The van der Waals surface area contributed by atoms with E-state index in [-0.39, 0.29) is 24.0 Å². The zero-order chi connectivity index (χ0) is 18.8. The third-order valence-corrected chi connectivity index (χ3v) is 4.34. The van der Waals surface area contributed by atoms with Gasteiger partial charge in [-0.05, 0) is 58.6 Å². The van der Waals surface area contributed by atoms with Crippen LogP contribution in [0.25, 0.3) is 0 Å². The molecule has 0 aliphatic rings. The molecule has 0 saturated carbocycles. The standard InChI is InChI=1S/C21H33N5.HI/c1-5-22-21(23-14-9-15-26-19(4)16-18(3)25-26)24-17(2)12-13-20-10-7-6-8-11-20;/h6-8,10-11,16-17H,5,9,12-15H2,1-4H3,(H2,22,23,24);1H. The van der Waals surface area contributed by atoms with Crippen molar-refractivity contribution in [2.75, 3.05) is 13.1 Å². The average molecular weight is 483 g/mol. The van der Waals surface area contributed by atoms with Crippen LogP contribution in [0.3, 0.4) is 0 Å². The molecular formula is C21H34IN5. The van der Waals surface area contributed by atoms with Crippen LogP contribution in [-0.4, -0.2) is 34.9 Å². The minimum Gasteiger partial charge on any atom is -0.357 e. The minimum absolute atomic E-state index is 0. The van der Waals surface area contributed by atoms with Crippen molar-refractivity contribution in [2.24, 2.45) is 4.99 Å². The molecule has 1 atom stereocenters. The second kappa shape index (κ2) is 12.8. The van der Waals surface area contributed by atoms with E-state index in [1.165, 1.54) is 11.3 Å². The summed E-state index contributed by atoms with van der Waals surface area (Å²) in [5.41, 5.74) is 3.67. The molecule has 6 heteroatoms. The maximum Gasteiger partial charge on any atom is 0.191 e. The highest BCUT2D eigenvalue weighted by molar-refractivity contribution is 14.0. The minimum atomic E-state index is 0. The maximum atomic E-state index is 4.71. The smallest absolute Gasteiger partial charge is 0.191 e. The van der Waals surface area contributed by atoms with Gasteiger partial charge in [0.05, 0.1) is 5.69 Å². The summed E-state index contributed by atoms with van der Waals surface area (Å²) in [5.74, 6) is 0.904. The fraction of sp³-hybridized carbons (Fsp3) is 0.524. The van der Waals surface area contributed by atoms with Crippen molar-refractivity contribution < 1.29 is 0 Å². The Morgan fingerprint density at radius 2 is 1.96 bits per heavy atom. The lowest BCUT2D eigenvalue weighted by Crippen LogP contribution is -2.42. The highest BCUT2D eigenvalue weighted by Gasteiger charge is 2.06. The van der Waals surface area contributed by atoms with Crippen molar-refractivity contribution in [3.63, 3.8) is 0 Å². The fourth-order valence-corrected chi connectivity index (χ4v) is 2.97. The Bertz CT molecular complexity index is 681. The Balaban J connectivity index is 0.00000364. The molecule has 0 radical (unpaired) electrons. The number of hydrogen-bond donors (Lipinski definition) is 2. The molecule has 2 rings (SSSR count). The topological polar surface area (TPSA) is 54.2 Å². The van der Waals surface area contributed by atoms with Gasteiger partial charge < -0.3 is 10.6 Å². The number of benzene rings is 1. The van der Waals surface area contributed by atoms with Gasteiger partial charge in [0.2, 0.25) is 0 Å². The van der Waals surface area contributed by atoms with Crippen LogP contribution in [0.4, 0.5) is 0 Å². The monoisotopic (exact) mass is 483 g/mol. The van der Waals surface area contributed by atoms with Crippen molar-refractivity contribution >= 4 is 29.9 Å². The lowest BCUT2D eigenvalue weighted by molar-refractivity contribution is 0.562. The normalized spacial score (nSPS) is 12.4. The SMILES string of the molecule is CCNC(=NCCCn1nc(C)cc1C)NC(C)CCc1ccccc1.I. The highest BCUT2D eigenvalue weighted by Crippen LogP contribution is 2.05. The molecule has 2 aromatic rings. The molecule has 150 valence electrons. The summed E-state index contributed by atoms with van der Waals surface area (Å²) in [7, 11) is 0. The molecule has 1 heterocycles. The van der Waals surface area contributed by atoms with E-state index in [0.29, 0.717) is 6.04 Å². The molecule has 0 aliphatic heterocycles. The molecule has 0 saturated heterocycles. The number of aromatic nitrogens is 2. The van der Waals surface area contributed by atoms with Crippen molar-refractivity contribution in [3.05, 3.63) is 53.3 Å². The zero-order valence-corrected chi connectivity index (χ0v) is 19.4. The quantitative estimate of drug-likeness (QED) is 0.245. The third-order valence-electron chi connectivity index (χ3n) is 4.34. The van der Waals surface area contributed by atoms with Gasteiger partial charge in [0.15, 0.2) is 5.96 Å². The molecule has 0 fully saturated rings. The first-order valence-corrected chi connectivity index (χ1v) is 9.68. The Kier molecular flexibility index (Phi) is 11.1. The molecule has 1 unspecified atom stereocenters. The Labute approximate surface area is 181 Å². The first kappa shape index (κ1) is 23.5. The zero-order valence-electron chi connectivity index (χ0n) is 17.0. The van der Waals surface area contributed by atoms with Crippen LogP contribution in [0.5, 0.6) is 0 Å². The predicted octanol–water partition coefficient (Wildman–Crippen LogP) is 4.08.